The van der Waals surface area contributed by atoms with Crippen LogP contribution in [0.1, 0.15) is 15.9 Å². The highest BCUT2D eigenvalue weighted by Gasteiger charge is 2.19. The molecule has 0 spiro atoms. The SMILES string of the molecule is COC(=O)c1cc(OC)c(OC)cc1NC(=O)NCCc1c[nH]c2ccccc12. The lowest BCUT2D eigenvalue weighted by Crippen LogP contribution is -2.31. The van der Waals surface area contributed by atoms with Crippen LogP contribution in [0.4, 0.5) is 10.5 Å². The van der Waals surface area contributed by atoms with E-state index in [1.54, 1.807) is 0 Å². The summed E-state index contributed by atoms with van der Waals surface area (Å²) in [6.45, 7) is 0.425. The maximum atomic E-state index is 12.4. The molecule has 2 aromatic carbocycles. The standard InChI is InChI=1S/C21H23N3O5/c1-27-18-10-15(20(25)29-3)17(11-19(18)28-2)24-21(26)22-9-8-13-12-23-16-7-5-4-6-14(13)16/h4-7,10-12,23H,8-9H2,1-3H3,(H2,22,24,26). The van der Waals surface area contributed by atoms with Gasteiger partial charge in [-0.05, 0) is 18.1 Å². The molecule has 0 atom stereocenters. The Morgan fingerprint density at radius 1 is 1.03 bits per heavy atom. The van der Waals surface area contributed by atoms with Crippen LogP contribution < -0.4 is 20.1 Å². The topological polar surface area (TPSA) is 102 Å². The minimum atomic E-state index is -0.597. The second kappa shape index (κ2) is 9.01. The number of esters is 1. The van der Waals surface area contributed by atoms with Gasteiger partial charge in [-0.15, -0.1) is 0 Å². The van der Waals surface area contributed by atoms with Gasteiger partial charge in [0.15, 0.2) is 11.5 Å². The normalized spacial score (nSPS) is 10.4. The van der Waals surface area contributed by atoms with Crippen LogP contribution in [0.2, 0.25) is 0 Å². The van der Waals surface area contributed by atoms with Crippen molar-refractivity contribution in [3.63, 3.8) is 0 Å². The van der Waals surface area contributed by atoms with Crippen LogP contribution in [-0.2, 0) is 11.2 Å². The quantitative estimate of drug-likeness (QED) is 0.531. The molecule has 8 nitrogen and oxygen atoms in total. The van der Waals surface area contributed by atoms with Gasteiger partial charge in [0.1, 0.15) is 0 Å². The van der Waals surface area contributed by atoms with Gasteiger partial charge in [-0.25, -0.2) is 9.59 Å². The molecule has 0 aliphatic heterocycles. The number of carbonyl (C=O) groups is 2. The van der Waals surface area contributed by atoms with Gasteiger partial charge < -0.3 is 29.8 Å². The molecule has 0 fully saturated rings. The Morgan fingerprint density at radius 2 is 1.76 bits per heavy atom. The van der Waals surface area contributed by atoms with Gasteiger partial charge in [0, 0.05) is 35.8 Å². The van der Waals surface area contributed by atoms with E-state index in [0.29, 0.717) is 24.5 Å². The highest BCUT2D eigenvalue weighted by atomic mass is 16.5. The number of carbonyl (C=O) groups excluding carboxylic acids is 2. The number of urea groups is 1. The first kappa shape index (κ1) is 20.1. The molecule has 1 aromatic heterocycles. The molecular formula is C21H23N3O5. The largest absolute Gasteiger partial charge is 0.493 e. The van der Waals surface area contributed by atoms with Crippen molar-refractivity contribution in [2.75, 3.05) is 33.2 Å². The molecule has 0 radical (unpaired) electrons. The van der Waals surface area contributed by atoms with E-state index in [4.69, 9.17) is 14.2 Å². The summed E-state index contributed by atoms with van der Waals surface area (Å²) >= 11 is 0. The van der Waals surface area contributed by atoms with Crippen molar-refractivity contribution in [2.45, 2.75) is 6.42 Å². The summed E-state index contributed by atoms with van der Waals surface area (Å²) in [5.74, 6) is 0.146. The minimum absolute atomic E-state index is 0.164. The van der Waals surface area contributed by atoms with Crippen LogP contribution in [-0.4, -0.2) is 44.9 Å². The third-order valence-electron chi connectivity index (χ3n) is 4.53. The van der Waals surface area contributed by atoms with Crippen LogP contribution in [0, 0.1) is 0 Å². The molecule has 29 heavy (non-hydrogen) atoms. The monoisotopic (exact) mass is 397 g/mol. The highest BCUT2D eigenvalue weighted by Crippen LogP contribution is 2.33. The van der Waals surface area contributed by atoms with Crippen LogP contribution in [0.5, 0.6) is 11.5 Å². The lowest BCUT2D eigenvalue weighted by atomic mass is 10.1. The molecular weight excluding hydrogens is 374 g/mol. The predicted octanol–water partition coefficient (Wildman–Crippen LogP) is 3.34. The second-order valence-corrected chi connectivity index (χ2v) is 6.23. The lowest BCUT2D eigenvalue weighted by Gasteiger charge is -2.15. The number of benzene rings is 2. The number of methoxy groups -OCH3 is 3. The number of aromatic nitrogens is 1. The van der Waals surface area contributed by atoms with Crippen molar-refractivity contribution < 1.29 is 23.8 Å². The van der Waals surface area contributed by atoms with Gasteiger partial charge in [0.25, 0.3) is 0 Å². The number of para-hydroxylation sites is 1. The Bertz CT molecular complexity index is 1030. The van der Waals surface area contributed by atoms with Crippen LogP contribution in [0.25, 0.3) is 10.9 Å². The molecule has 152 valence electrons. The Kier molecular flexibility index (Phi) is 6.23. The third-order valence-corrected chi connectivity index (χ3v) is 4.53. The molecule has 0 bridgehead atoms. The lowest BCUT2D eigenvalue weighted by molar-refractivity contribution is 0.0601. The molecule has 0 aliphatic rings. The van der Waals surface area contributed by atoms with Gasteiger partial charge in [-0.1, -0.05) is 18.2 Å². The van der Waals surface area contributed by atoms with Crippen LogP contribution in [0.15, 0.2) is 42.6 Å². The fourth-order valence-electron chi connectivity index (χ4n) is 3.08. The van der Waals surface area contributed by atoms with Crippen LogP contribution >= 0.6 is 0 Å². The molecule has 0 aliphatic carbocycles. The van der Waals surface area contributed by atoms with Crippen LogP contribution in [0.3, 0.4) is 0 Å². The summed E-state index contributed by atoms with van der Waals surface area (Å²) in [4.78, 5) is 27.7. The molecule has 3 rings (SSSR count). The van der Waals surface area contributed by atoms with Gasteiger partial charge >= 0.3 is 12.0 Å². The zero-order chi connectivity index (χ0) is 20.8. The van der Waals surface area contributed by atoms with Gasteiger partial charge in [-0.3, -0.25) is 0 Å². The molecule has 2 amide bonds. The van der Waals surface area contributed by atoms with E-state index >= 15 is 0 Å². The molecule has 8 heteroatoms. The fourth-order valence-corrected chi connectivity index (χ4v) is 3.08. The van der Waals surface area contributed by atoms with Crippen molar-refractivity contribution >= 4 is 28.6 Å². The van der Waals surface area contributed by atoms with E-state index in [0.717, 1.165) is 16.5 Å². The number of hydrogen-bond donors (Lipinski definition) is 3. The maximum absolute atomic E-state index is 12.4. The number of fused-ring (bicyclic) bond motifs is 1. The Hall–Kier alpha value is -3.68. The summed E-state index contributed by atoms with van der Waals surface area (Å²) in [6, 6.07) is 10.5. The number of aromatic amines is 1. The number of hydrogen-bond acceptors (Lipinski definition) is 5. The average molecular weight is 397 g/mol. The zero-order valence-corrected chi connectivity index (χ0v) is 16.5. The van der Waals surface area contributed by atoms with Crippen molar-refractivity contribution in [1.29, 1.82) is 0 Å². The maximum Gasteiger partial charge on any atom is 0.340 e. The zero-order valence-electron chi connectivity index (χ0n) is 16.5. The summed E-state index contributed by atoms with van der Waals surface area (Å²) in [6.07, 6.45) is 2.60. The summed E-state index contributed by atoms with van der Waals surface area (Å²) in [5, 5.41) is 6.60. The fraction of sp³-hybridized carbons (Fsp3) is 0.238. The smallest absolute Gasteiger partial charge is 0.340 e. The summed E-state index contributed by atoms with van der Waals surface area (Å²) in [5.41, 5.74) is 2.60. The first-order valence-electron chi connectivity index (χ1n) is 9.01. The van der Waals surface area contributed by atoms with E-state index in [1.807, 2.05) is 30.5 Å². The summed E-state index contributed by atoms with van der Waals surface area (Å²) in [7, 11) is 4.20. The van der Waals surface area contributed by atoms with E-state index in [9.17, 15) is 9.59 Å². The van der Waals surface area contributed by atoms with Crippen molar-refractivity contribution in [3.05, 3.63) is 53.7 Å². The Morgan fingerprint density at radius 3 is 2.48 bits per heavy atom. The average Bonchev–Trinajstić information content (AvgIpc) is 3.16. The van der Waals surface area contributed by atoms with Crippen molar-refractivity contribution in [2.24, 2.45) is 0 Å². The molecule has 0 saturated heterocycles. The number of ether oxygens (including phenoxy) is 3. The first-order chi connectivity index (χ1) is 14.1. The number of rotatable bonds is 7. The van der Waals surface area contributed by atoms with Gasteiger partial charge in [0.05, 0.1) is 32.6 Å². The van der Waals surface area contributed by atoms with Gasteiger partial charge in [0.2, 0.25) is 0 Å². The number of anilines is 1. The number of nitrogens with one attached hydrogen (secondary N) is 3. The second-order valence-electron chi connectivity index (χ2n) is 6.23. The Balaban J connectivity index is 1.68. The molecule has 0 unspecified atom stereocenters. The molecule has 1 heterocycles. The van der Waals surface area contributed by atoms with E-state index in [1.165, 1.54) is 33.5 Å². The van der Waals surface area contributed by atoms with E-state index in [2.05, 4.69) is 15.6 Å². The number of H-pyrrole nitrogens is 1. The van der Waals surface area contributed by atoms with Gasteiger partial charge in [-0.2, -0.15) is 0 Å². The molecule has 3 aromatic rings. The van der Waals surface area contributed by atoms with E-state index in [-0.39, 0.29) is 11.3 Å². The van der Waals surface area contributed by atoms with Crippen molar-refractivity contribution in [1.82, 2.24) is 10.3 Å². The number of amides is 2. The van der Waals surface area contributed by atoms with Crippen molar-refractivity contribution in [3.8, 4) is 11.5 Å². The summed E-state index contributed by atoms with van der Waals surface area (Å²) < 4.78 is 15.2. The minimum Gasteiger partial charge on any atom is -0.493 e. The third kappa shape index (κ3) is 4.43. The highest BCUT2D eigenvalue weighted by molar-refractivity contribution is 6.01. The Labute approximate surface area is 168 Å². The first-order valence-corrected chi connectivity index (χ1v) is 9.01. The van der Waals surface area contributed by atoms with E-state index < -0.39 is 12.0 Å². The molecule has 0 saturated carbocycles. The molecule has 3 N–H and O–H groups in total. The predicted molar refractivity (Wildman–Crippen MR) is 110 cm³/mol.